The van der Waals surface area contributed by atoms with Crippen LogP contribution in [0.3, 0.4) is 0 Å². The number of piperazine rings is 1. The van der Waals surface area contributed by atoms with Gasteiger partial charge >= 0.3 is 0 Å². The SMILES string of the molecule is CS(=O)(=O)N1CCN(C(=O)c2cc(-c3cccc(Cl)c3)nc3ccccc23)CC1. The number of hydrogen-bond acceptors (Lipinski definition) is 4. The van der Waals surface area contributed by atoms with Gasteiger partial charge in [-0.2, -0.15) is 4.31 Å². The van der Waals surface area contributed by atoms with Gasteiger partial charge in [0.15, 0.2) is 0 Å². The van der Waals surface area contributed by atoms with Gasteiger partial charge in [0.2, 0.25) is 10.0 Å². The highest BCUT2D eigenvalue weighted by Gasteiger charge is 2.27. The van der Waals surface area contributed by atoms with Gasteiger partial charge in [-0.25, -0.2) is 13.4 Å². The molecule has 0 bridgehead atoms. The predicted octanol–water partition coefficient (Wildman–Crippen LogP) is 3.27. The van der Waals surface area contributed by atoms with E-state index in [0.29, 0.717) is 42.5 Å². The number of aromatic nitrogens is 1. The highest BCUT2D eigenvalue weighted by atomic mass is 35.5. The van der Waals surface area contributed by atoms with Gasteiger partial charge in [-0.1, -0.05) is 41.9 Å². The fraction of sp³-hybridized carbons (Fsp3) is 0.238. The third-order valence-corrected chi connectivity index (χ3v) is 6.60. The molecule has 8 heteroatoms. The van der Waals surface area contributed by atoms with Crippen LogP contribution in [-0.4, -0.2) is 60.9 Å². The van der Waals surface area contributed by atoms with E-state index in [2.05, 4.69) is 0 Å². The van der Waals surface area contributed by atoms with E-state index in [4.69, 9.17) is 16.6 Å². The summed E-state index contributed by atoms with van der Waals surface area (Å²) in [5.41, 5.74) is 2.78. The van der Waals surface area contributed by atoms with Crippen molar-refractivity contribution in [3.63, 3.8) is 0 Å². The fourth-order valence-electron chi connectivity index (χ4n) is 3.54. The van der Waals surface area contributed by atoms with Crippen molar-refractivity contribution in [3.05, 3.63) is 65.2 Å². The highest BCUT2D eigenvalue weighted by Crippen LogP contribution is 2.27. The first-order valence-corrected chi connectivity index (χ1v) is 11.5. The molecule has 29 heavy (non-hydrogen) atoms. The summed E-state index contributed by atoms with van der Waals surface area (Å²) in [7, 11) is -3.25. The number of amides is 1. The van der Waals surface area contributed by atoms with E-state index >= 15 is 0 Å². The summed E-state index contributed by atoms with van der Waals surface area (Å²) < 4.78 is 24.9. The lowest BCUT2D eigenvalue weighted by Gasteiger charge is -2.33. The first kappa shape index (κ1) is 19.8. The maximum atomic E-state index is 13.3. The van der Waals surface area contributed by atoms with E-state index < -0.39 is 10.0 Å². The van der Waals surface area contributed by atoms with Crippen LogP contribution in [0.2, 0.25) is 5.02 Å². The monoisotopic (exact) mass is 429 g/mol. The number of carbonyl (C=O) groups excluding carboxylic acids is 1. The molecule has 0 spiro atoms. The standard InChI is InChI=1S/C21H20ClN3O3S/c1-29(27,28)25-11-9-24(10-12-25)21(26)18-14-20(15-5-4-6-16(22)13-15)23-19-8-3-2-7-17(18)19/h2-8,13-14H,9-12H2,1H3. The van der Waals surface area contributed by atoms with Crippen LogP contribution in [0.25, 0.3) is 22.2 Å². The Labute approximate surface area is 174 Å². The summed E-state index contributed by atoms with van der Waals surface area (Å²) in [6.07, 6.45) is 1.19. The van der Waals surface area contributed by atoms with Crippen LogP contribution in [0.5, 0.6) is 0 Å². The summed E-state index contributed by atoms with van der Waals surface area (Å²) in [5.74, 6) is -0.125. The van der Waals surface area contributed by atoms with Crippen molar-refractivity contribution in [2.45, 2.75) is 0 Å². The number of para-hydroxylation sites is 1. The molecule has 0 aliphatic carbocycles. The quantitative estimate of drug-likeness (QED) is 0.640. The molecule has 0 radical (unpaired) electrons. The second-order valence-corrected chi connectivity index (χ2v) is 9.46. The van der Waals surface area contributed by atoms with Gasteiger partial charge in [-0.05, 0) is 24.3 Å². The normalized spacial score (nSPS) is 15.6. The molecule has 1 saturated heterocycles. The van der Waals surface area contributed by atoms with Crippen molar-refractivity contribution in [1.82, 2.24) is 14.2 Å². The lowest BCUT2D eigenvalue weighted by atomic mass is 10.0. The summed E-state index contributed by atoms with van der Waals surface area (Å²) >= 11 is 6.13. The zero-order chi connectivity index (χ0) is 20.6. The smallest absolute Gasteiger partial charge is 0.254 e. The Kier molecular flexibility index (Phi) is 5.29. The number of sulfonamides is 1. The molecule has 1 fully saturated rings. The van der Waals surface area contributed by atoms with Crippen molar-refractivity contribution in [1.29, 1.82) is 0 Å². The molecule has 0 atom stereocenters. The predicted molar refractivity (Wildman–Crippen MR) is 115 cm³/mol. The van der Waals surface area contributed by atoms with Crippen molar-refractivity contribution < 1.29 is 13.2 Å². The van der Waals surface area contributed by atoms with Crippen LogP contribution in [0.4, 0.5) is 0 Å². The van der Waals surface area contributed by atoms with E-state index in [9.17, 15) is 13.2 Å². The van der Waals surface area contributed by atoms with Crippen molar-refractivity contribution in [2.75, 3.05) is 32.4 Å². The number of hydrogen-bond donors (Lipinski definition) is 0. The Morgan fingerprint density at radius 2 is 1.72 bits per heavy atom. The van der Waals surface area contributed by atoms with E-state index in [0.717, 1.165) is 16.5 Å². The van der Waals surface area contributed by atoms with Crippen LogP contribution in [0.15, 0.2) is 54.6 Å². The largest absolute Gasteiger partial charge is 0.336 e. The molecule has 6 nitrogen and oxygen atoms in total. The molecule has 1 aliphatic rings. The minimum absolute atomic E-state index is 0.125. The molecule has 1 amide bonds. The molecule has 0 saturated carbocycles. The van der Waals surface area contributed by atoms with E-state index in [1.54, 1.807) is 17.0 Å². The average molecular weight is 430 g/mol. The van der Waals surface area contributed by atoms with Crippen molar-refractivity contribution >= 4 is 38.4 Å². The van der Waals surface area contributed by atoms with Gasteiger partial charge in [0, 0.05) is 42.2 Å². The molecule has 1 aliphatic heterocycles. The van der Waals surface area contributed by atoms with Crippen molar-refractivity contribution in [3.8, 4) is 11.3 Å². The first-order chi connectivity index (χ1) is 13.8. The molecule has 0 unspecified atom stereocenters. The molecule has 2 aromatic carbocycles. The summed E-state index contributed by atoms with van der Waals surface area (Å²) in [6.45, 7) is 1.31. The Morgan fingerprint density at radius 3 is 2.41 bits per heavy atom. The maximum absolute atomic E-state index is 13.3. The Balaban J connectivity index is 1.72. The molecular weight excluding hydrogens is 410 g/mol. The van der Waals surface area contributed by atoms with Gasteiger partial charge in [-0.15, -0.1) is 0 Å². The van der Waals surface area contributed by atoms with E-state index in [1.165, 1.54) is 10.6 Å². The number of nitrogens with zero attached hydrogens (tertiary/aromatic N) is 3. The highest BCUT2D eigenvalue weighted by molar-refractivity contribution is 7.88. The van der Waals surface area contributed by atoms with Gasteiger partial charge in [0.1, 0.15) is 0 Å². The molecule has 3 aromatic rings. The summed E-state index contributed by atoms with van der Waals surface area (Å²) in [4.78, 5) is 19.7. The Morgan fingerprint density at radius 1 is 1.00 bits per heavy atom. The van der Waals surface area contributed by atoms with Crippen LogP contribution in [-0.2, 0) is 10.0 Å². The summed E-state index contributed by atoms with van der Waals surface area (Å²) in [6, 6.07) is 16.7. The Bertz CT molecular complexity index is 1190. The maximum Gasteiger partial charge on any atom is 0.254 e. The number of halogens is 1. The first-order valence-electron chi connectivity index (χ1n) is 9.23. The molecular formula is C21H20ClN3O3S. The second-order valence-electron chi connectivity index (χ2n) is 7.04. The third kappa shape index (κ3) is 4.12. The van der Waals surface area contributed by atoms with Gasteiger partial charge in [0.05, 0.1) is 23.0 Å². The van der Waals surface area contributed by atoms with Crippen molar-refractivity contribution in [2.24, 2.45) is 0 Å². The van der Waals surface area contributed by atoms with Gasteiger partial charge < -0.3 is 4.90 Å². The number of fused-ring (bicyclic) bond motifs is 1. The lowest BCUT2D eigenvalue weighted by molar-refractivity contribution is 0.0700. The number of rotatable bonds is 3. The average Bonchev–Trinajstić information content (AvgIpc) is 2.72. The zero-order valence-electron chi connectivity index (χ0n) is 15.9. The van der Waals surface area contributed by atoms with E-state index in [1.807, 2.05) is 42.5 Å². The van der Waals surface area contributed by atoms with Crippen LogP contribution in [0.1, 0.15) is 10.4 Å². The number of carbonyl (C=O) groups is 1. The van der Waals surface area contributed by atoms with Crippen LogP contribution >= 0.6 is 11.6 Å². The minimum Gasteiger partial charge on any atom is -0.336 e. The topological polar surface area (TPSA) is 70.6 Å². The Hall–Kier alpha value is -2.48. The zero-order valence-corrected chi connectivity index (χ0v) is 17.4. The molecule has 4 rings (SSSR count). The van der Waals surface area contributed by atoms with Crippen LogP contribution < -0.4 is 0 Å². The second kappa shape index (κ2) is 7.74. The van der Waals surface area contributed by atoms with Crippen LogP contribution in [0, 0.1) is 0 Å². The fourth-order valence-corrected chi connectivity index (χ4v) is 4.56. The molecule has 1 aromatic heterocycles. The minimum atomic E-state index is -3.25. The lowest BCUT2D eigenvalue weighted by Crippen LogP contribution is -2.50. The molecule has 0 N–H and O–H groups in total. The van der Waals surface area contributed by atoms with E-state index in [-0.39, 0.29) is 5.91 Å². The van der Waals surface area contributed by atoms with Gasteiger partial charge in [-0.3, -0.25) is 4.79 Å². The third-order valence-electron chi connectivity index (χ3n) is 5.06. The molecule has 2 heterocycles. The number of pyridine rings is 1. The molecule has 150 valence electrons. The number of benzene rings is 2. The van der Waals surface area contributed by atoms with Gasteiger partial charge in [0.25, 0.3) is 5.91 Å². The summed E-state index contributed by atoms with van der Waals surface area (Å²) in [5, 5.41) is 1.37.